The van der Waals surface area contributed by atoms with Crippen LogP contribution in [0.2, 0.25) is 0 Å². The number of carbonyl (C=O) groups excluding carboxylic acids is 1. The van der Waals surface area contributed by atoms with E-state index < -0.39 is 16.1 Å². The van der Waals surface area contributed by atoms with Gasteiger partial charge in [-0.15, -0.1) is 0 Å². The van der Waals surface area contributed by atoms with Crippen LogP contribution in [0.15, 0.2) is 53.4 Å². The molecular weight excluding hydrogens is 436 g/mol. The van der Waals surface area contributed by atoms with E-state index in [1.807, 2.05) is 23.8 Å². The van der Waals surface area contributed by atoms with Crippen LogP contribution in [0.1, 0.15) is 49.7 Å². The average Bonchev–Trinajstić information content (AvgIpc) is 2.76. The van der Waals surface area contributed by atoms with E-state index in [4.69, 9.17) is 4.74 Å². The van der Waals surface area contributed by atoms with Crippen LogP contribution >= 0.6 is 0 Å². The molecule has 2 aromatic rings. The fourth-order valence-corrected chi connectivity index (χ4v) is 7.57. The first-order valence-electron chi connectivity index (χ1n) is 11.9. The maximum Gasteiger partial charge on any atom is 0.328 e. The SMILES string of the molecule is Cc1ccc(S(=O)(=O)NC(=O)NCCOc2ccc(C34CC5CC(CC(C5)C3)C4)cc2)cc1. The van der Waals surface area contributed by atoms with Crippen LogP contribution in [0.25, 0.3) is 0 Å². The highest BCUT2D eigenvalue weighted by Gasteiger charge is 2.51. The van der Waals surface area contributed by atoms with Crippen molar-refractivity contribution in [2.45, 2.75) is 55.8 Å². The molecule has 0 unspecified atom stereocenters. The van der Waals surface area contributed by atoms with Crippen molar-refractivity contribution >= 4 is 16.1 Å². The number of carbonyl (C=O) groups is 1. The molecule has 6 nitrogen and oxygen atoms in total. The molecule has 4 fully saturated rings. The predicted octanol–water partition coefficient (Wildman–Crippen LogP) is 4.53. The quantitative estimate of drug-likeness (QED) is 0.585. The topological polar surface area (TPSA) is 84.5 Å². The highest BCUT2D eigenvalue weighted by molar-refractivity contribution is 7.90. The summed E-state index contributed by atoms with van der Waals surface area (Å²) < 4.78 is 32.3. The van der Waals surface area contributed by atoms with Crippen LogP contribution in [-0.2, 0) is 15.4 Å². The Bertz CT molecular complexity index is 1070. The molecule has 0 spiro atoms. The number of rotatable bonds is 7. The van der Waals surface area contributed by atoms with Gasteiger partial charge in [0.15, 0.2) is 0 Å². The fraction of sp³-hybridized carbons (Fsp3) is 0.500. The smallest absolute Gasteiger partial charge is 0.328 e. The van der Waals surface area contributed by atoms with Gasteiger partial charge in [-0.1, -0.05) is 29.8 Å². The first-order chi connectivity index (χ1) is 15.8. The van der Waals surface area contributed by atoms with E-state index >= 15 is 0 Å². The second-order valence-corrected chi connectivity index (χ2v) is 11.9. The Hall–Kier alpha value is -2.54. The number of amides is 2. The van der Waals surface area contributed by atoms with Crippen molar-refractivity contribution in [3.8, 4) is 5.75 Å². The molecule has 0 atom stereocenters. The summed E-state index contributed by atoms with van der Waals surface area (Å²) in [4.78, 5) is 12.1. The number of hydrogen-bond acceptors (Lipinski definition) is 4. The van der Waals surface area contributed by atoms with Crippen LogP contribution in [0.5, 0.6) is 5.75 Å². The van der Waals surface area contributed by atoms with Gasteiger partial charge in [-0.25, -0.2) is 17.9 Å². The monoisotopic (exact) mass is 468 g/mol. The van der Waals surface area contributed by atoms with Gasteiger partial charge in [0.2, 0.25) is 0 Å². The highest BCUT2D eigenvalue weighted by Crippen LogP contribution is 2.60. The van der Waals surface area contributed by atoms with E-state index in [0.29, 0.717) is 5.41 Å². The number of urea groups is 1. The fourth-order valence-electron chi connectivity index (χ4n) is 6.64. The first-order valence-corrected chi connectivity index (χ1v) is 13.4. The highest BCUT2D eigenvalue weighted by atomic mass is 32.2. The summed E-state index contributed by atoms with van der Waals surface area (Å²) in [5.41, 5.74) is 2.77. The lowest BCUT2D eigenvalue weighted by molar-refractivity contribution is -0.00520. The lowest BCUT2D eigenvalue weighted by Gasteiger charge is -2.57. The van der Waals surface area contributed by atoms with E-state index in [0.717, 1.165) is 29.1 Å². The van der Waals surface area contributed by atoms with E-state index in [1.54, 1.807) is 12.1 Å². The summed E-state index contributed by atoms with van der Waals surface area (Å²) in [6.07, 6.45) is 8.32. The second kappa shape index (κ2) is 8.67. The van der Waals surface area contributed by atoms with Gasteiger partial charge in [0.25, 0.3) is 10.0 Å². The standard InChI is InChI=1S/C26H32N2O4S/c1-18-2-8-24(9-3-18)33(30,31)28-25(29)27-10-11-32-23-6-4-22(5-7-23)26-15-19-12-20(16-26)14-21(13-19)17-26/h2-9,19-21H,10-17H2,1H3,(H2,27,28,29). The Balaban J connectivity index is 1.09. The van der Waals surface area contributed by atoms with Gasteiger partial charge in [-0.05, 0) is 98.4 Å². The van der Waals surface area contributed by atoms with Crippen molar-refractivity contribution in [1.82, 2.24) is 10.0 Å². The molecule has 2 aromatic carbocycles. The third kappa shape index (κ3) is 4.74. The average molecular weight is 469 g/mol. The molecule has 176 valence electrons. The zero-order valence-corrected chi connectivity index (χ0v) is 19.9. The molecule has 6 rings (SSSR count). The number of sulfonamides is 1. The Kier molecular flexibility index (Phi) is 5.85. The summed E-state index contributed by atoms with van der Waals surface area (Å²) in [6.45, 7) is 2.33. The zero-order valence-electron chi connectivity index (χ0n) is 19.0. The van der Waals surface area contributed by atoms with E-state index in [9.17, 15) is 13.2 Å². The van der Waals surface area contributed by atoms with Gasteiger partial charge in [0.05, 0.1) is 11.4 Å². The van der Waals surface area contributed by atoms with E-state index in [-0.39, 0.29) is 18.0 Å². The summed E-state index contributed by atoms with van der Waals surface area (Å²) in [5, 5.41) is 2.54. The molecule has 4 saturated carbocycles. The molecule has 0 aliphatic heterocycles. The zero-order chi connectivity index (χ0) is 23.1. The molecule has 2 N–H and O–H groups in total. The number of ether oxygens (including phenoxy) is 1. The molecule has 2 amide bonds. The van der Waals surface area contributed by atoms with Crippen molar-refractivity contribution in [2.24, 2.45) is 17.8 Å². The van der Waals surface area contributed by atoms with E-state index in [2.05, 4.69) is 17.4 Å². The van der Waals surface area contributed by atoms with Gasteiger partial charge in [-0.3, -0.25) is 0 Å². The second-order valence-electron chi connectivity index (χ2n) is 10.2. The van der Waals surface area contributed by atoms with Crippen molar-refractivity contribution < 1.29 is 17.9 Å². The van der Waals surface area contributed by atoms with Crippen LogP contribution < -0.4 is 14.8 Å². The lowest BCUT2D eigenvalue weighted by atomic mass is 9.48. The minimum Gasteiger partial charge on any atom is -0.492 e. The molecular formula is C26H32N2O4S. The molecule has 7 heteroatoms. The molecule has 4 aliphatic carbocycles. The van der Waals surface area contributed by atoms with Crippen LogP contribution in [0, 0.1) is 24.7 Å². The van der Waals surface area contributed by atoms with Crippen LogP contribution in [0.4, 0.5) is 4.79 Å². The third-order valence-electron chi connectivity index (χ3n) is 7.72. The van der Waals surface area contributed by atoms with Gasteiger partial charge in [0, 0.05) is 0 Å². The summed E-state index contributed by atoms with van der Waals surface area (Å²) in [7, 11) is -3.89. The maximum absolute atomic E-state index is 12.3. The number of aryl methyl sites for hydroxylation is 1. The minimum absolute atomic E-state index is 0.0543. The van der Waals surface area contributed by atoms with Gasteiger partial charge in [-0.2, -0.15) is 0 Å². The Labute approximate surface area is 196 Å². The summed E-state index contributed by atoms with van der Waals surface area (Å²) in [6, 6.07) is 14.0. The number of hydrogen-bond donors (Lipinski definition) is 2. The van der Waals surface area contributed by atoms with Crippen molar-refractivity contribution in [1.29, 1.82) is 0 Å². The summed E-state index contributed by atoms with van der Waals surface area (Å²) in [5.74, 6) is 3.51. The molecule has 4 bridgehead atoms. The first kappa shape index (κ1) is 22.3. The Morgan fingerprint density at radius 3 is 2.09 bits per heavy atom. The number of nitrogens with one attached hydrogen (secondary N) is 2. The third-order valence-corrected chi connectivity index (χ3v) is 9.07. The van der Waals surface area contributed by atoms with Crippen LogP contribution in [0.3, 0.4) is 0 Å². The van der Waals surface area contributed by atoms with Gasteiger partial charge < -0.3 is 10.1 Å². The Morgan fingerprint density at radius 1 is 0.939 bits per heavy atom. The predicted molar refractivity (Wildman–Crippen MR) is 127 cm³/mol. The molecule has 4 aliphatic rings. The summed E-state index contributed by atoms with van der Waals surface area (Å²) >= 11 is 0. The van der Waals surface area contributed by atoms with Crippen molar-refractivity contribution in [2.75, 3.05) is 13.2 Å². The minimum atomic E-state index is -3.89. The maximum atomic E-state index is 12.3. The molecule has 0 heterocycles. The largest absolute Gasteiger partial charge is 0.492 e. The van der Waals surface area contributed by atoms with Crippen LogP contribution in [-0.4, -0.2) is 27.6 Å². The van der Waals surface area contributed by atoms with Crippen molar-refractivity contribution in [3.05, 3.63) is 59.7 Å². The molecule has 33 heavy (non-hydrogen) atoms. The molecule has 0 saturated heterocycles. The Morgan fingerprint density at radius 2 is 1.52 bits per heavy atom. The molecule has 0 aromatic heterocycles. The number of benzene rings is 2. The lowest BCUT2D eigenvalue weighted by Crippen LogP contribution is -2.48. The van der Waals surface area contributed by atoms with Gasteiger partial charge in [0.1, 0.15) is 12.4 Å². The normalized spacial score (nSPS) is 27.8. The van der Waals surface area contributed by atoms with Gasteiger partial charge >= 0.3 is 6.03 Å². The van der Waals surface area contributed by atoms with Crippen molar-refractivity contribution in [3.63, 3.8) is 0 Å². The molecule has 0 radical (unpaired) electrons. The van der Waals surface area contributed by atoms with E-state index in [1.165, 1.54) is 56.2 Å².